The second kappa shape index (κ2) is 2.65. The van der Waals surface area contributed by atoms with Crippen molar-refractivity contribution in [3.05, 3.63) is 23.8 Å². The maximum atomic E-state index is 12.0. The standard InChI is InChI=1S/C10H12O/c11-10-7-3-5-8-4-1-2-6-9(8)10/h1-2,6,8H,3-5,7H2/i3D2,4D,5D2,7D2,8D. The summed E-state index contributed by atoms with van der Waals surface area (Å²) in [6, 6.07) is 0. The molecule has 0 radical (unpaired) electrons. The first-order valence-corrected chi connectivity index (χ1v) is 3.28. The van der Waals surface area contributed by atoms with Crippen LogP contribution in [0.4, 0.5) is 0 Å². The van der Waals surface area contributed by atoms with Gasteiger partial charge in [-0.25, -0.2) is 0 Å². The molecule has 1 fully saturated rings. The van der Waals surface area contributed by atoms with Crippen LogP contribution in [0.1, 0.15) is 36.5 Å². The van der Waals surface area contributed by atoms with Crippen molar-refractivity contribution in [2.24, 2.45) is 5.89 Å². The highest BCUT2D eigenvalue weighted by Crippen LogP contribution is 2.31. The Bertz CT molecular complexity index is 506. The van der Waals surface area contributed by atoms with Gasteiger partial charge in [-0.2, -0.15) is 0 Å². The van der Waals surface area contributed by atoms with Gasteiger partial charge < -0.3 is 0 Å². The van der Waals surface area contributed by atoms with Crippen molar-refractivity contribution in [2.75, 3.05) is 0 Å². The molecule has 0 aliphatic heterocycles. The summed E-state index contributed by atoms with van der Waals surface area (Å²) in [5.74, 6) is -3.71. The van der Waals surface area contributed by atoms with Crippen molar-refractivity contribution >= 4 is 5.78 Å². The van der Waals surface area contributed by atoms with Crippen LogP contribution in [0.5, 0.6) is 0 Å². The lowest BCUT2D eigenvalue weighted by Crippen LogP contribution is -2.19. The zero-order chi connectivity index (χ0) is 14.9. The van der Waals surface area contributed by atoms with Crippen molar-refractivity contribution in [1.29, 1.82) is 0 Å². The maximum Gasteiger partial charge on any atom is 0.159 e. The topological polar surface area (TPSA) is 17.1 Å². The number of hydrogen-bond donors (Lipinski definition) is 0. The molecule has 11 heavy (non-hydrogen) atoms. The lowest BCUT2D eigenvalue weighted by atomic mass is 9.79. The number of rotatable bonds is 0. The minimum Gasteiger partial charge on any atom is -0.295 e. The van der Waals surface area contributed by atoms with E-state index in [0.717, 1.165) is 6.08 Å². The normalized spacial score (nSPS) is 67.5. The van der Waals surface area contributed by atoms with Crippen molar-refractivity contribution in [1.82, 2.24) is 0 Å². The van der Waals surface area contributed by atoms with E-state index in [9.17, 15) is 4.79 Å². The summed E-state index contributed by atoms with van der Waals surface area (Å²) >= 11 is 0. The number of fused-ring (bicyclic) bond motifs is 1. The maximum absolute atomic E-state index is 12.0. The average Bonchev–Trinajstić information content (AvgIpc) is 2.29. The fourth-order valence-electron chi connectivity index (χ4n) is 1.01. The monoisotopic (exact) mass is 156 g/mol. The Morgan fingerprint density at radius 2 is 2.64 bits per heavy atom. The van der Waals surface area contributed by atoms with Gasteiger partial charge in [0.05, 0.1) is 0 Å². The Hall–Kier alpha value is -0.850. The number of ketones is 1. The summed E-state index contributed by atoms with van der Waals surface area (Å²) < 4.78 is 62.0. The summed E-state index contributed by atoms with van der Waals surface area (Å²) in [6.45, 7) is 0. The van der Waals surface area contributed by atoms with Gasteiger partial charge in [0.2, 0.25) is 0 Å². The van der Waals surface area contributed by atoms with E-state index in [1.807, 2.05) is 0 Å². The van der Waals surface area contributed by atoms with E-state index >= 15 is 0 Å². The van der Waals surface area contributed by atoms with Crippen LogP contribution in [0.2, 0.25) is 0 Å². The average molecular weight is 156 g/mol. The second-order valence-electron chi connectivity index (χ2n) is 2.25. The molecule has 0 aromatic heterocycles. The summed E-state index contributed by atoms with van der Waals surface area (Å²) in [6.07, 6.45) is -7.16. The minimum absolute atomic E-state index is 0.486. The lowest BCUT2D eigenvalue weighted by Gasteiger charge is -2.24. The molecule has 0 saturated heterocycles. The number of carbonyl (C=O) groups excluding carboxylic acids is 1. The molecular weight excluding hydrogens is 136 g/mol. The third-order valence-electron chi connectivity index (χ3n) is 1.54. The van der Waals surface area contributed by atoms with Gasteiger partial charge >= 0.3 is 0 Å². The third kappa shape index (κ3) is 1.15. The molecule has 58 valence electrons. The number of Topliss-reactive ketones (excluding diaryl/α,β-unsaturated/α-hetero) is 1. The molecule has 2 aliphatic rings. The predicted molar refractivity (Wildman–Crippen MR) is 44.2 cm³/mol. The summed E-state index contributed by atoms with van der Waals surface area (Å²) in [7, 11) is 0. The van der Waals surface area contributed by atoms with E-state index in [4.69, 9.17) is 11.0 Å². The Labute approximate surface area is 78.0 Å². The molecule has 0 aromatic carbocycles. The fraction of sp³-hybridized carbons (Fsp3) is 0.500. The second-order valence-corrected chi connectivity index (χ2v) is 2.25. The highest BCUT2D eigenvalue weighted by molar-refractivity contribution is 5.97. The summed E-state index contributed by atoms with van der Waals surface area (Å²) in [5.41, 5.74) is -0.486. The van der Waals surface area contributed by atoms with Gasteiger partial charge in [0.25, 0.3) is 0 Å². The SMILES string of the molecule is [2H]C1C=CC=C2C(=O)C([2H])([2H])C([2H])([2H])C([2H])([2H])C21[2H]. The molecule has 2 rings (SSSR count). The van der Waals surface area contributed by atoms with Gasteiger partial charge in [0.15, 0.2) is 5.78 Å². The Morgan fingerprint density at radius 3 is 3.55 bits per heavy atom. The molecule has 1 heteroatoms. The van der Waals surface area contributed by atoms with E-state index in [2.05, 4.69) is 0 Å². The van der Waals surface area contributed by atoms with Crippen LogP contribution in [0.3, 0.4) is 0 Å². The van der Waals surface area contributed by atoms with Crippen LogP contribution in [0.25, 0.3) is 0 Å². The smallest absolute Gasteiger partial charge is 0.159 e. The molecule has 0 amide bonds. The zero-order valence-electron chi connectivity index (χ0n) is 13.7. The van der Waals surface area contributed by atoms with Gasteiger partial charge in [-0.15, -0.1) is 0 Å². The Balaban J connectivity index is 2.78. The van der Waals surface area contributed by atoms with Crippen LogP contribution in [-0.4, -0.2) is 5.78 Å². The molecule has 2 atom stereocenters. The minimum atomic E-state index is -3.19. The fourth-order valence-corrected chi connectivity index (χ4v) is 1.01. The van der Waals surface area contributed by atoms with Crippen molar-refractivity contribution in [3.8, 4) is 0 Å². The number of hydrogen-bond acceptors (Lipinski definition) is 1. The molecule has 0 bridgehead atoms. The number of allylic oxidation sites excluding steroid dienone is 4. The van der Waals surface area contributed by atoms with Crippen LogP contribution < -0.4 is 0 Å². The molecule has 1 saturated carbocycles. The van der Waals surface area contributed by atoms with E-state index in [1.54, 1.807) is 0 Å². The van der Waals surface area contributed by atoms with Crippen LogP contribution in [-0.2, 0) is 4.79 Å². The van der Waals surface area contributed by atoms with Crippen molar-refractivity contribution in [2.45, 2.75) is 25.5 Å². The molecule has 0 aromatic rings. The Kier molecular flexibility index (Phi) is 0.558. The van der Waals surface area contributed by atoms with Gasteiger partial charge in [-0.3, -0.25) is 4.79 Å². The van der Waals surface area contributed by atoms with E-state index < -0.39 is 42.8 Å². The van der Waals surface area contributed by atoms with Crippen LogP contribution in [0.15, 0.2) is 23.8 Å². The molecule has 2 aliphatic carbocycles. The number of carbonyl (C=O) groups is 1. The summed E-state index contributed by atoms with van der Waals surface area (Å²) in [4.78, 5) is 12.0. The van der Waals surface area contributed by atoms with Crippen LogP contribution in [0, 0.1) is 5.89 Å². The molecule has 1 nitrogen and oxygen atoms in total. The van der Waals surface area contributed by atoms with Gasteiger partial charge in [-0.1, -0.05) is 18.2 Å². The first kappa shape index (κ1) is 2.32. The third-order valence-corrected chi connectivity index (χ3v) is 1.54. The van der Waals surface area contributed by atoms with E-state index in [0.29, 0.717) is 0 Å². The van der Waals surface area contributed by atoms with E-state index in [-0.39, 0.29) is 0 Å². The summed E-state index contributed by atoms with van der Waals surface area (Å²) in [5, 5.41) is 0. The molecule has 0 N–H and O–H groups in total. The van der Waals surface area contributed by atoms with Gasteiger partial charge in [-0.05, 0) is 30.6 Å². The highest BCUT2D eigenvalue weighted by atomic mass is 16.1. The molecule has 0 spiro atoms. The zero-order valence-corrected chi connectivity index (χ0v) is 5.72. The lowest BCUT2D eigenvalue weighted by molar-refractivity contribution is -0.117. The highest BCUT2D eigenvalue weighted by Gasteiger charge is 2.24. The molecular formula is C10H12O. The quantitative estimate of drug-likeness (QED) is 0.525. The first-order valence-electron chi connectivity index (χ1n) is 7.36. The van der Waals surface area contributed by atoms with Crippen molar-refractivity contribution in [3.63, 3.8) is 0 Å². The molecule has 0 heterocycles. The largest absolute Gasteiger partial charge is 0.295 e. The predicted octanol–water partition coefficient (Wildman–Crippen LogP) is 2.24. The van der Waals surface area contributed by atoms with Crippen molar-refractivity contribution < 1.29 is 15.8 Å². The first-order chi connectivity index (χ1) is 8.42. The Morgan fingerprint density at radius 1 is 1.73 bits per heavy atom. The van der Waals surface area contributed by atoms with Gasteiger partial charge in [0.1, 0.15) is 0 Å². The van der Waals surface area contributed by atoms with E-state index in [1.165, 1.54) is 12.2 Å². The van der Waals surface area contributed by atoms with Gasteiger partial charge in [0, 0.05) is 17.3 Å². The van der Waals surface area contributed by atoms with Crippen LogP contribution >= 0.6 is 0 Å². The molecule has 2 unspecified atom stereocenters.